The molecule has 1 aromatic rings. The average molecular weight is 279 g/mol. The van der Waals surface area contributed by atoms with E-state index in [2.05, 4.69) is 5.32 Å². The van der Waals surface area contributed by atoms with Crippen LogP contribution in [0.5, 0.6) is 0 Å². The van der Waals surface area contributed by atoms with Gasteiger partial charge in [-0.05, 0) is 38.8 Å². The average Bonchev–Trinajstić information content (AvgIpc) is 3.20. The van der Waals surface area contributed by atoms with Crippen LogP contribution in [0.15, 0.2) is 24.3 Å². The second kappa shape index (κ2) is 5.79. The lowest BCUT2D eigenvalue weighted by atomic mass is 10.00. The Bertz CT molecular complexity index is 490. The number of amides is 1. The van der Waals surface area contributed by atoms with Crippen LogP contribution < -0.4 is 16.0 Å². The molecule has 0 heterocycles. The zero-order chi connectivity index (χ0) is 14.8. The lowest BCUT2D eigenvalue weighted by molar-refractivity contribution is -0.123. The number of hydrogen-bond acceptors (Lipinski definition) is 3. The van der Waals surface area contributed by atoms with E-state index in [9.17, 15) is 9.18 Å². The molecular formula is C15H22FN3O. The number of carbonyl (C=O) groups excluding carboxylic acids is 1. The van der Waals surface area contributed by atoms with Crippen LogP contribution in [0.1, 0.15) is 26.7 Å². The maximum absolute atomic E-state index is 13.9. The molecule has 0 spiro atoms. The summed E-state index contributed by atoms with van der Waals surface area (Å²) in [6, 6.07) is 6.94. The van der Waals surface area contributed by atoms with Crippen LogP contribution in [0.25, 0.3) is 0 Å². The van der Waals surface area contributed by atoms with Gasteiger partial charge in [-0.3, -0.25) is 10.1 Å². The number of hydrogen-bond donors (Lipinski definition) is 2. The predicted molar refractivity (Wildman–Crippen MR) is 78.0 cm³/mol. The molecule has 0 saturated heterocycles. The molecule has 1 aromatic carbocycles. The van der Waals surface area contributed by atoms with Gasteiger partial charge in [-0.2, -0.15) is 0 Å². The Labute approximate surface area is 119 Å². The second-order valence-electron chi connectivity index (χ2n) is 5.58. The number of nitrogens with one attached hydrogen (secondary N) is 1. The van der Waals surface area contributed by atoms with Crippen molar-refractivity contribution < 1.29 is 9.18 Å². The highest BCUT2D eigenvalue weighted by Gasteiger charge is 2.38. The number of primary amides is 1. The molecule has 20 heavy (non-hydrogen) atoms. The van der Waals surface area contributed by atoms with Crippen molar-refractivity contribution in [2.75, 3.05) is 18.0 Å². The number of carbonyl (C=O) groups is 1. The van der Waals surface area contributed by atoms with Gasteiger partial charge in [0.2, 0.25) is 5.91 Å². The van der Waals surface area contributed by atoms with E-state index in [0.717, 1.165) is 12.8 Å². The van der Waals surface area contributed by atoms with Crippen molar-refractivity contribution >= 4 is 11.6 Å². The third-order valence-corrected chi connectivity index (χ3v) is 3.73. The van der Waals surface area contributed by atoms with Crippen LogP contribution in [0.2, 0.25) is 0 Å². The Morgan fingerprint density at radius 3 is 2.65 bits per heavy atom. The van der Waals surface area contributed by atoms with Gasteiger partial charge >= 0.3 is 0 Å². The number of anilines is 1. The molecule has 0 radical (unpaired) electrons. The summed E-state index contributed by atoms with van der Waals surface area (Å²) < 4.78 is 13.9. The molecule has 1 aliphatic carbocycles. The minimum absolute atomic E-state index is 0.285. The Morgan fingerprint density at radius 2 is 2.15 bits per heavy atom. The number of nitrogens with zero attached hydrogens (tertiary/aromatic N) is 1. The molecule has 3 N–H and O–H groups in total. The lowest BCUT2D eigenvalue weighted by Gasteiger charge is -2.35. The van der Waals surface area contributed by atoms with Crippen molar-refractivity contribution in [3.63, 3.8) is 0 Å². The normalized spacial score (nSPS) is 17.6. The molecule has 5 heteroatoms. The minimum atomic E-state index is -0.848. The van der Waals surface area contributed by atoms with Crippen molar-refractivity contribution in [3.05, 3.63) is 30.1 Å². The summed E-state index contributed by atoms with van der Waals surface area (Å²) in [4.78, 5) is 13.6. The smallest absolute Gasteiger partial charge is 0.239 e. The van der Waals surface area contributed by atoms with E-state index >= 15 is 0 Å². The highest BCUT2D eigenvalue weighted by Crippen LogP contribution is 2.25. The van der Waals surface area contributed by atoms with E-state index in [1.165, 1.54) is 6.07 Å². The number of nitrogens with two attached hydrogens (primary N) is 1. The molecule has 110 valence electrons. The molecule has 0 bridgehead atoms. The SMILES string of the molecule is CCN(CC(C)(NC1CC1)C(N)=O)c1ccccc1F. The van der Waals surface area contributed by atoms with E-state index < -0.39 is 11.4 Å². The van der Waals surface area contributed by atoms with Crippen molar-refractivity contribution in [2.24, 2.45) is 5.73 Å². The van der Waals surface area contributed by atoms with Crippen LogP contribution in [0.3, 0.4) is 0 Å². The summed E-state index contributed by atoms with van der Waals surface area (Å²) in [6.45, 7) is 4.69. The molecule has 0 aliphatic heterocycles. The lowest BCUT2D eigenvalue weighted by Crippen LogP contribution is -2.60. The second-order valence-corrected chi connectivity index (χ2v) is 5.58. The Kier molecular flexibility index (Phi) is 4.28. The van der Waals surface area contributed by atoms with Crippen LogP contribution in [0, 0.1) is 5.82 Å². The molecule has 1 aliphatic rings. The van der Waals surface area contributed by atoms with E-state index in [-0.39, 0.29) is 5.82 Å². The van der Waals surface area contributed by atoms with Crippen LogP contribution in [-0.2, 0) is 4.79 Å². The van der Waals surface area contributed by atoms with Gasteiger partial charge in [-0.1, -0.05) is 12.1 Å². The Hall–Kier alpha value is -1.62. The third kappa shape index (κ3) is 3.28. The van der Waals surface area contributed by atoms with Crippen molar-refractivity contribution in [1.82, 2.24) is 5.32 Å². The van der Waals surface area contributed by atoms with Crippen molar-refractivity contribution in [2.45, 2.75) is 38.3 Å². The Balaban J connectivity index is 2.18. The summed E-state index contributed by atoms with van der Waals surface area (Å²) in [7, 11) is 0. The topological polar surface area (TPSA) is 58.4 Å². The van der Waals surface area contributed by atoms with Crippen molar-refractivity contribution in [3.8, 4) is 0 Å². The van der Waals surface area contributed by atoms with Crippen LogP contribution in [0.4, 0.5) is 10.1 Å². The summed E-state index contributed by atoms with van der Waals surface area (Å²) in [5.74, 6) is -0.688. The fraction of sp³-hybridized carbons (Fsp3) is 0.533. The number of benzene rings is 1. The van der Waals surface area contributed by atoms with E-state index in [0.29, 0.717) is 24.8 Å². The Morgan fingerprint density at radius 1 is 1.50 bits per heavy atom. The van der Waals surface area contributed by atoms with E-state index in [4.69, 9.17) is 5.73 Å². The molecule has 1 amide bonds. The van der Waals surface area contributed by atoms with Gasteiger partial charge in [0.05, 0.1) is 5.69 Å². The fourth-order valence-electron chi connectivity index (χ4n) is 2.33. The summed E-state index contributed by atoms with van der Waals surface area (Å²) in [5, 5.41) is 3.28. The molecule has 2 rings (SSSR count). The first kappa shape index (κ1) is 14.8. The van der Waals surface area contributed by atoms with Gasteiger partial charge in [0.25, 0.3) is 0 Å². The summed E-state index contributed by atoms with van der Waals surface area (Å²) >= 11 is 0. The van der Waals surface area contributed by atoms with Crippen LogP contribution in [-0.4, -0.2) is 30.6 Å². The van der Waals surface area contributed by atoms with E-state index in [1.807, 2.05) is 11.8 Å². The zero-order valence-corrected chi connectivity index (χ0v) is 12.0. The largest absolute Gasteiger partial charge is 0.368 e. The van der Waals surface area contributed by atoms with Gasteiger partial charge in [0.15, 0.2) is 0 Å². The minimum Gasteiger partial charge on any atom is -0.368 e. The first-order valence-corrected chi connectivity index (χ1v) is 7.03. The molecule has 1 fully saturated rings. The molecule has 4 nitrogen and oxygen atoms in total. The van der Waals surface area contributed by atoms with Gasteiger partial charge in [-0.25, -0.2) is 4.39 Å². The number of likely N-dealkylation sites (N-methyl/N-ethyl adjacent to an activating group) is 1. The van der Waals surface area contributed by atoms with Crippen molar-refractivity contribution in [1.29, 1.82) is 0 Å². The monoisotopic (exact) mass is 279 g/mol. The molecular weight excluding hydrogens is 257 g/mol. The van der Waals surface area contributed by atoms with Crippen LogP contribution >= 0.6 is 0 Å². The maximum atomic E-state index is 13.9. The number of para-hydroxylation sites is 1. The van der Waals surface area contributed by atoms with E-state index in [1.54, 1.807) is 25.1 Å². The third-order valence-electron chi connectivity index (χ3n) is 3.73. The maximum Gasteiger partial charge on any atom is 0.239 e. The first-order valence-electron chi connectivity index (χ1n) is 7.03. The standard InChI is InChI=1S/C15H22FN3O/c1-3-19(13-7-5-4-6-12(13)16)10-15(2,14(17)20)18-11-8-9-11/h4-7,11,18H,3,8-10H2,1-2H3,(H2,17,20). The number of halogens is 1. The van der Waals surface area contributed by atoms with Gasteiger partial charge in [0.1, 0.15) is 11.4 Å². The molecule has 1 atom stereocenters. The molecule has 0 aromatic heterocycles. The first-order chi connectivity index (χ1) is 9.46. The van der Waals surface area contributed by atoms with Gasteiger partial charge < -0.3 is 10.6 Å². The van der Waals surface area contributed by atoms with Gasteiger partial charge in [-0.15, -0.1) is 0 Å². The highest BCUT2D eigenvalue weighted by molar-refractivity contribution is 5.85. The highest BCUT2D eigenvalue weighted by atomic mass is 19.1. The van der Waals surface area contributed by atoms with Gasteiger partial charge in [0, 0.05) is 19.1 Å². The predicted octanol–water partition coefficient (Wildman–Crippen LogP) is 1.65. The number of rotatable bonds is 7. The molecule has 1 unspecified atom stereocenters. The quantitative estimate of drug-likeness (QED) is 0.798. The zero-order valence-electron chi connectivity index (χ0n) is 12.0. The molecule has 1 saturated carbocycles. The summed E-state index contributed by atoms with van der Waals surface area (Å²) in [6.07, 6.45) is 2.13. The fourth-order valence-corrected chi connectivity index (χ4v) is 2.33. The summed E-state index contributed by atoms with van der Waals surface area (Å²) in [5.41, 5.74) is 5.20.